The highest BCUT2D eigenvalue weighted by atomic mass is 16.6. The van der Waals surface area contributed by atoms with Crippen molar-refractivity contribution < 1.29 is 14.4 Å². The molecule has 0 aromatic heterocycles. The molecule has 0 heterocycles. The molecule has 5 nitrogen and oxygen atoms in total. The summed E-state index contributed by atoms with van der Waals surface area (Å²) in [6.07, 6.45) is -0.801. The Balaban J connectivity index is 3.74. The van der Waals surface area contributed by atoms with Crippen LogP contribution in [0.15, 0.2) is 0 Å². The third kappa shape index (κ3) is 7.55. The van der Waals surface area contributed by atoms with Gasteiger partial charge >= 0.3 is 6.09 Å². The van der Waals surface area contributed by atoms with Crippen LogP contribution in [0.5, 0.6) is 0 Å². The fourth-order valence-electron chi connectivity index (χ4n) is 0.688. The normalized spacial score (nSPS) is 13.6. The Labute approximate surface area is 78.5 Å². The van der Waals surface area contributed by atoms with Gasteiger partial charge < -0.3 is 14.9 Å². The fraction of sp³-hybridized carbons (Fsp3) is 0.875. The molecule has 0 unspecified atom stereocenters. The van der Waals surface area contributed by atoms with Crippen LogP contribution in [0, 0.1) is 0 Å². The van der Waals surface area contributed by atoms with Gasteiger partial charge in [-0.2, -0.15) is 0 Å². The zero-order valence-electron chi connectivity index (χ0n) is 8.59. The first-order valence-corrected chi connectivity index (χ1v) is 4.15. The molecule has 0 aromatic rings. The molecule has 3 N–H and O–H groups in total. The standard InChI is InChI=1S/C8H18N2O3/c1-6(5-12-9)13-7(11)10-8(2,3)4/h6H,5,9H2,1-4H3,(H,10,11)/t6-/m0/s1. The molecular weight excluding hydrogens is 172 g/mol. The van der Waals surface area contributed by atoms with Gasteiger partial charge in [-0.15, -0.1) is 0 Å². The van der Waals surface area contributed by atoms with Crippen LogP contribution in [0.3, 0.4) is 0 Å². The zero-order valence-corrected chi connectivity index (χ0v) is 8.59. The second-order valence-corrected chi connectivity index (χ2v) is 3.92. The van der Waals surface area contributed by atoms with Crippen molar-refractivity contribution >= 4 is 6.09 Å². The number of ether oxygens (including phenoxy) is 1. The lowest BCUT2D eigenvalue weighted by molar-refractivity contribution is 0.0260. The molecule has 0 saturated heterocycles. The van der Waals surface area contributed by atoms with Crippen molar-refractivity contribution in [1.82, 2.24) is 5.32 Å². The van der Waals surface area contributed by atoms with Gasteiger partial charge in [0.1, 0.15) is 12.7 Å². The first-order valence-electron chi connectivity index (χ1n) is 4.15. The minimum absolute atomic E-state index is 0.192. The number of hydrogen-bond acceptors (Lipinski definition) is 4. The third-order valence-electron chi connectivity index (χ3n) is 1.12. The maximum absolute atomic E-state index is 11.1. The molecule has 1 amide bonds. The van der Waals surface area contributed by atoms with Crippen LogP contribution < -0.4 is 11.2 Å². The van der Waals surface area contributed by atoms with Gasteiger partial charge in [-0.1, -0.05) is 0 Å². The summed E-state index contributed by atoms with van der Waals surface area (Å²) in [5, 5.41) is 2.65. The largest absolute Gasteiger partial charge is 0.444 e. The Kier molecular flexibility index (Phi) is 4.72. The van der Waals surface area contributed by atoms with Crippen LogP contribution in [-0.4, -0.2) is 24.3 Å². The number of rotatable bonds is 3. The monoisotopic (exact) mass is 190 g/mol. The molecule has 0 spiro atoms. The van der Waals surface area contributed by atoms with E-state index in [0.29, 0.717) is 0 Å². The number of alkyl carbamates (subject to hydrolysis) is 1. The molecule has 78 valence electrons. The van der Waals surface area contributed by atoms with Gasteiger partial charge in [0.05, 0.1) is 0 Å². The molecule has 0 fully saturated rings. The van der Waals surface area contributed by atoms with Crippen LogP contribution >= 0.6 is 0 Å². The average Bonchev–Trinajstić information content (AvgIpc) is 1.81. The van der Waals surface area contributed by atoms with E-state index in [1.807, 2.05) is 20.8 Å². The summed E-state index contributed by atoms with van der Waals surface area (Å²) in [6.45, 7) is 7.52. The van der Waals surface area contributed by atoms with Gasteiger partial charge in [-0.3, -0.25) is 0 Å². The number of carbonyl (C=O) groups excluding carboxylic acids is 1. The predicted octanol–water partition coefficient (Wildman–Crippen LogP) is 0.790. The summed E-state index contributed by atoms with van der Waals surface area (Å²) >= 11 is 0. The van der Waals surface area contributed by atoms with Crippen molar-refractivity contribution in [2.75, 3.05) is 6.61 Å². The minimum Gasteiger partial charge on any atom is -0.444 e. The van der Waals surface area contributed by atoms with Crippen molar-refractivity contribution in [3.8, 4) is 0 Å². The van der Waals surface area contributed by atoms with Crippen molar-refractivity contribution in [3.63, 3.8) is 0 Å². The molecule has 0 aliphatic heterocycles. The molecular formula is C8H18N2O3. The number of nitrogens with one attached hydrogen (secondary N) is 1. The Morgan fingerprint density at radius 1 is 1.54 bits per heavy atom. The highest BCUT2D eigenvalue weighted by Crippen LogP contribution is 2.00. The van der Waals surface area contributed by atoms with Crippen LogP contribution in [0.2, 0.25) is 0 Å². The van der Waals surface area contributed by atoms with Crippen LogP contribution in [-0.2, 0) is 9.57 Å². The summed E-state index contributed by atoms with van der Waals surface area (Å²) in [7, 11) is 0. The summed E-state index contributed by atoms with van der Waals surface area (Å²) < 4.78 is 4.91. The van der Waals surface area contributed by atoms with Gasteiger partial charge in [0.15, 0.2) is 0 Å². The van der Waals surface area contributed by atoms with E-state index in [9.17, 15) is 4.79 Å². The van der Waals surface area contributed by atoms with Crippen LogP contribution in [0.4, 0.5) is 4.79 Å². The zero-order chi connectivity index (χ0) is 10.5. The highest BCUT2D eigenvalue weighted by molar-refractivity contribution is 5.68. The first kappa shape index (κ1) is 12.2. The molecule has 0 aliphatic rings. The van der Waals surface area contributed by atoms with E-state index in [0.717, 1.165) is 0 Å². The van der Waals surface area contributed by atoms with Crippen LogP contribution in [0.25, 0.3) is 0 Å². The smallest absolute Gasteiger partial charge is 0.407 e. The second-order valence-electron chi connectivity index (χ2n) is 3.92. The number of nitrogens with two attached hydrogens (primary N) is 1. The Hall–Kier alpha value is -0.810. The number of hydrogen-bond donors (Lipinski definition) is 2. The van der Waals surface area contributed by atoms with E-state index in [2.05, 4.69) is 10.2 Å². The van der Waals surface area contributed by atoms with Crippen molar-refractivity contribution in [2.24, 2.45) is 5.90 Å². The Bertz CT molecular complexity index is 165. The van der Waals surface area contributed by atoms with Crippen molar-refractivity contribution in [2.45, 2.75) is 39.3 Å². The van der Waals surface area contributed by atoms with Gasteiger partial charge in [0.2, 0.25) is 0 Å². The Morgan fingerprint density at radius 3 is 2.46 bits per heavy atom. The molecule has 0 aromatic carbocycles. The lowest BCUT2D eigenvalue weighted by Crippen LogP contribution is -2.42. The topological polar surface area (TPSA) is 73.6 Å². The fourth-order valence-corrected chi connectivity index (χ4v) is 0.688. The quantitative estimate of drug-likeness (QED) is 0.645. The minimum atomic E-state index is -0.461. The molecule has 13 heavy (non-hydrogen) atoms. The highest BCUT2D eigenvalue weighted by Gasteiger charge is 2.16. The van der Waals surface area contributed by atoms with E-state index in [1.54, 1.807) is 6.92 Å². The van der Waals surface area contributed by atoms with E-state index < -0.39 is 6.09 Å². The van der Waals surface area contributed by atoms with Gasteiger partial charge in [0.25, 0.3) is 0 Å². The van der Waals surface area contributed by atoms with E-state index in [1.165, 1.54) is 0 Å². The molecule has 0 radical (unpaired) electrons. The summed E-state index contributed by atoms with van der Waals surface area (Å²) in [4.78, 5) is 15.4. The molecule has 0 saturated carbocycles. The summed E-state index contributed by atoms with van der Waals surface area (Å²) in [6, 6.07) is 0. The molecule has 0 rings (SSSR count). The molecule has 0 bridgehead atoms. The van der Waals surface area contributed by atoms with Crippen molar-refractivity contribution in [1.29, 1.82) is 0 Å². The third-order valence-corrected chi connectivity index (χ3v) is 1.12. The average molecular weight is 190 g/mol. The summed E-state index contributed by atoms with van der Waals surface area (Å²) in [5.41, 5.74) is -0.291. The number of amides is 1. The predicted molar refractivity (Wildman–Crippen MR) is 49.0 cm³/mol. The second kappa shape index (κ2) is 5.04. The van der Waals surface area contributed by atoms with Gasteiger partial charge in [-0.05, 0) is 27.7 Å². The summed E-state index contributed by atoms with van der Waals surface area (Å²) in [5.74, 6) is 4.82. The lowest BCUT2D eigenvalue weighted by atomic mass is 10.1. The molecule has 0 aliphatic carbocycles. The maximum Gasteiger partial charge on any atom is 0.407 e. The molecule has 5 heteroatoms. The maximum atomic E-state index is 11.1. The van der Waals surface area contributed by atoms with Crippen molar-refractivity contribution in [3.05, 3.63) is 0 Å². The van der Waals surface area contributed by atoms with E-state index in [-0.39, 0.29) is 18.2 Å². The number of carbonyl (C=O) groups is 1. The first-order chi connectivity index (χ1) is 5.85. The SMILES string of the molecule is C[C@@H](CON)OC(=O)NC(C)(C)C. The van der Waals surface area contributed by atoms with Crippen LogP contribution in [0.1, 0.15) is 27.7 Å². The molecule has 1 atom stereocenters. The van der Waals surface area contributed by atoms with E-state index >= 15 is 0 Å². The van der Waals surface area contributed by atoms with Gasteiger partial charge in [-0.25, -0.2) is 10.7 Å². The Morgan fingerprint density at radius 2 is 2.08 bits per heavy atom. The lowest BCUT2D eigenvalue weighted by Gasteiger charge is -2.21. The van der Waals surface area contributed by atoms with E-state index in [4.69, 9.17) is 10.6 Å². The van der Waals surface area contributed by atoms with Gasteiger partial charge in [0, 0.05) is 5.54 Å².